The molecule has 4 nitrogen and oxygen atoms in total. The van der Waals surface area contributed by atoms with Crippen LogP contribution in [-0.2, 0) is 10.2 Å². The normalized spacial score (nSPS) is 23.0. The number of carbonyl (C=O) groups is 1. The molecule has 0 spiro atoms. The van der Waals surface area contributed by atoms with Crippen molar-refractivity contribution in [2.24, 2.45) is 11.7 Å². The van der Waals surface area contributed by atoms with E-state index in [0.717, 1.165) is 32.5 Å². The van der Waals surface area contributed by atoms with Crippen LogP contribution in [0.4, 0.5) is 0 Å². The molecule has 0 bridgehead atoms. The zero-order valence-corrected chi connectivity index (χ0v) is 17.0. The van der Waals surface area contributed by atoms with Crippen LogP contribution in [0.1, 0.15) is 29.9 Å². The highest BCUT2D eigenvalue weighted by molar-refractivity contribution is 5.85. The van der Waals surface area contributed by atoms with Gasteiger partial charge in [0.25, 0.3) is 0 Å². The maximum atomic E-state index is 12.6. The third-order valence-corrected chi connectivity index (χ3v) is 6.28. The predicted octanol–water partition coefficient (Wildman–Crippen LogP) is 2.93. The first kappa shape index (κ1) is 20.8. The molecule has 2 aromatic rings. The van der Waals surface area contributed by atoms with E-state index in [4.69, 9.17) is 5.73 Å². The van der Waals surface area contributed by atoms with E-state index in [9.17, 15) is 4.79 Å². The Hall–Kier alpha value is -1.88. The fraction of sp³-hybridized carbons (Fsp3) is 0.435. The minimum atomic E-state index is 0. The average Bonchev–Trinajstić information content (AvgIpc) is 3.41. The maximum absolute atomic E-state index is 12.6. The van der Waals surface area contributed by atoms with Crippen molar-refractivity contribution >= 4 is 18.3 Å². The second-order valence-corrected chi connectivity index (χ2v) is 8.13. The van der Waals surface area contributed by atoms with Crippen LogP contribution in [0.2, 0.25) is 0 Å². The summed E-state index contributed by atoms with van der Waals surface area (Å²) in [6, 6.07) is 21.1. The van der Waals surface area contributed by atoms with Crippen LogP contribution in [0.15, 0.2) is 60.7 Å². The van der Waals surface area contributed by atoms with E-state index >= 15 is 0 Å². The summed E-state index contributed by atoms with van der Waals surface area (Å²) in [5.74, 6) is 0.962. The molecule has 0 radical (unpaired) electrons. The Morgan fingerprint density at radius 1 is 1.04 bits per heavy atom. The fourth-order valence-corrected chi connectivity index (χ4v) is 4.44. The zero-order chi connectivity index (χ0) is 18.7. The molecule has 2 fully saturated rings. The summed E-state index contributed by atoms with van der Waals surface area (Å²) >= 11 is 0. The van der Waals surface area contributed by atoms with Crippen molar-refractivity contribution in [1.29, 1.82) is 0 Å². The van der Waals surface area contributed by atoms with Crippen LogP contribution >= 0.6 is 12.4 Å². The van der Waals surface area contributed by atoms with Gasteiger partial charge in [-0.25, -0.2) is 0 Å². The lowest BCUT2D eigenvalue weighted by atomic mass is 9.89. The van der Waals surface area contributed by atoms with Gasteiger partial charge >= 0.3 is 0 Å². The van der Waals surface area contributed by atoms with Gasteiger partial charge < -0.3 is 11.1 Å². The molecule has 1 amide bonds. The first-order chi connectivity index (χ1) is 13.2. The Labute approximate surface area is 173 Å². The quantitative estimate of drug-likeness (QED) is 0.752. The van der Waals surface area contributed by atoms with Crippen LogP contribution < -0.4 is 11.1 Å². The highest BCUT2D eigenvalue weighted by Crippen LogP contribution is 2.47. The lowest BCUT2D eigenvalue weighted by molar-refractivity contribution is -0.122. The summed E-state index contributed by atoms with van der Waals surface area (Å²) < 4.78 is 0. The largest absolute Gasteiger partial charge is 0.354 e. The zero-order valence-electron chi connectivity index (χ0n) is 16.2. The highest BCUT2D eigenvalue weighted by atomic mass is 35.5. The van der Waals surface area contributed by atoms with E-state index in [1.807, 2.05) is 12.1 Å². The third kappa shape index (κ3) is 4.57. The number of nitrogens with zero attached hydrogens (tertiary/aromatic N) is 1. The van der Waals surface area contributed by atoms with Gasteiger partial charge in [-0.2, -0.15) is 0 Å². The molecule has 1 aliphatic carbocycles. The molecule has 2 aromatic carbocycles. The summed E-state index contributed by atoms with van der Waals surface area (Å²) in [6.07, 6.45) is 2.32. The summed E-state index contributed by atoms with van der Waals surface area (Å²) in [4.78, 5) is 14.8. The first-order valence-electron chi connectivity index (χ1n) is 10.00. The van der Waals surface area contributed by atoms with Gasteiger partial charge in [-0.15, -0.1) is 12.4 Å². The first-order valence-corrected chi connectivity index (χ1v) is 10.00. The molecule has 2 aliphatic rings. The number of benzene rings is 2. The van der Waals surface area contributed by atoms with Crippen molar-refractivity contribution in [2.75, 3.05) is 32.7 Å². The Bertz CT molecular complexity index is 764. The third-order valence-electron chi connectivity index (χ3n) is 6.28. The summed E-state index contributed by atoms with van der Waals surface area (Å²) in [5.41, 5.74) is 8.85. The van der Waals surface area contributed by atoms with Gasteiger partial charge in [0.2, 0.25) is 5.91 Å². The van der Waals surface area contributed by atoms with Crippen molar-refractivity contribution in [2.45, 2.75) is 24.2 Å². The Balaban J connectivity index is 0.00000225. The molecule has 2 atom stereocenters. The van der Waals surface area contributed by atoms with Crippen LogP contribution in [0, 0.1) is 5.92 Å². The average molecular weight is 400 g/mol. The van der Waals surface area contributed by atoms with Crippen LogP contribution in [0.25, 0.3) is 0 Å². The van der Waals surface area contributed by atoms with Gasteiger partial charge in [0.05, 0.1) is 6.54 Å². The summed E-state index contributed by atoms with van der Waals surface area (Å²) in [7, 11) is 0. The molecule has 1 heterocycles. The van der Waals surface area contributed by atoms with Crippen molar-refractivity contribution in [3.8, 4) is 0 Å². The minimum absolute atomic E-state index is 0. The van der Waals surface area contributed by atoms with E-state index in [1.54, 1.807) is 0 Å². The number of amides is 1. The second kappa shape index (κ2) is 9.08. The molecule has 4 rings (SSSR count). The Kier molecular flexibility index (Phi) is 6.76. The van der Waals surface area contributed by atoms with E-state index < -0.39 is 0 Å². The number of hydrogen-bond acceptors (Lipinski definition) is 3. The number of nitrogens with two attached hydrogens (primary N) is 1. The highest BCUT2D eigenvalue weighted by Gasteiger charge is 2.44. The van der Waals surface area contributed by atoms with Crippen LogP contribution in [-0.4, -0.2) is 43.5 Å². The molecular formula is C23H30ClN3O. The standard InChI is InChI=1S/C23H29N3O.ClH/c24-13-19-14-26(15-21(19)18-7-3-1-4-8-18)16-22(27)25-17-23(11-12-23)20-9-5-2-6-10-20;/h1-10,19,21H,11-17,24H2,(H,25,27);1H/t19-,21+;/m1./s1. The number of carbonyl (C=O) groups excluding carboxylic acids is 1. The Morgan fingerprint density at radius 3 is 2.29 bits per heavy atom. The number of hydrogen-bond donors (Lipinski definition) is 2. The van der Waals surface area contributed by atoms with Crippen LogP contribution in [0.3, 0.4) is 0 Å². The van der Waals surface area contributed by atoms with E-state index in [-0.39, 0.29) is 23.7 Å². The van der Waals surface area contributed by atoms with E-state index in [0.29, 0.717) is 24.9 Å². The Morgan fingerprint density at radius 2 is 1.68 bits per heavy atom. The molecule has 5 heteroatoms. The van der Waals surface area contributed by atoms with Gasteiger partial charge in [0, 0.05) is 31.0 Å². The van der Waals surface area contributed by atoms with Gasteiger partial charge in [-0.3, -0.25) is 9.69 Å². The monoisotopic (exact) mass is 399 g/mol. The molecule has 3 N–H and O–H groups in total. The molecule has 0 unspecified atom stereocenters. The van der Waals surface area contributed by atoms with E-state index in [1.165, 1.54) is 11.1 Å². The topological polar surface area (TPSA) is 58.4 Å². The van der Waals surface area contributed by atoms with Crippen molar-refractivity contribution in [3.05, 3.63) is 71.8 Å². The van der Waals surface area contributed by atoms with Gasteiger partial charge in [-0.1, -0.05) is 60.7 Å². The summed E-state index contributed by atoms with van der Waals surface area (Å²) in [6.45, 7) is 3.67. The van der Waals surface area contributed by atoms with Crippen LogP contribution in [0.5, 0.6) is 0 Å². The molecule has 1 saturated carbocycles. The van der Waals surface area contributed by atoms with E-state index in [2.05, 4.69) is 58.7 Å². The fourth-order valence-electron chi connectivity index (χ4n) is 4.44. The maximum Gasteiger partial charge on any atom is 0.234 e. The number of rotatable bonds is 7. The molecule has 1 aliphatic heterocycles. The number of nitrogens with one attached hydrogen (secondary N) is 1. The molecule has 0 aromatic heterocycles. The van der Waals surface area contributed by atoms with Crippen molar-refractivity contribution in [3.63, 3.8) is 0 Å². The lowest BCUT2D eigenvalue weighted by Gasteiger charge is -2.19. The molecular weight excluding hydrogens is 370 g/mol. The smallest absolute Gasteiger partial charge is 0.234 e. The van der Waals surface area contributed by atoms with Crippen molar-refractivity contribution < 1.29 is 4.79 Å². The van der Waals surface area contributed by atoms with Gasteiger partial charge in [0.15, 0.2) is 0 Å². The molecule has 150 valence electrons. The number of likely N-dealkylation sites (tertiary alicyclic amines) is 1. The van der Waals surface area contributed by atoms with Gasteiger partial charge in [0.1, 0.15) is 0 Å². The molecule has 1 saturated heterocycles. The predicted molar refractivity (Wildman–Crippen MR) is 116 cm³/mol. The van der Waals surface area contributed by atoms with Crippen molar-refractivity contribution in [1.82, 2.24) is 10.2 Å². The van der Waals surface area contributed by atoms with Gasteiger partial charge in [-0.05, 0) is 36.4 Å². The lowest BCUT2D eigenvalue weighted by Crippen LogP contribution is -2.39. The number of halogens is 1. The summed E-state index contributed by atoms with van der Waals surface area (Å²) in [5, 5.41) is 3.19. The minimum Gasteiger partial charge on any atom is -0.354 e. The second-order valence-electron chi connectivity index (χ2n) is 8.13. The SMILES string of the molecule is Cl.NC[C@@H]1CN(CC(=O)NCC2(c3ccccc3)CC2)C[C@H]1c1ccccc1. The molecule has 28 heavy (non-hydrogen) atoms.